The van der Waals surface area contributed by atoms with Crippen molar-refractivity contribution >= 4 is 29.9 Å². The third-order valence-electron chi connectivity index (χ3n) is 5.08. The molecule has 0 bridgehead atoms. The molecule has 2 N–H and O–H groups in total. The second-order valence-electron chi connectivity index (χ2n) is 6.98. The lowest BCUT2D eigenvalue weighted by atomic mass is 10.0. The van der Waals surface area contributed by atoms with Gasteiger partial charge in [0.2, 0.25) is 0 Å². The number of halogens is 1. The van der Waals surface area contributed by atoms with Crippen molar-refractivity contribution in [1.29, 1.82) is 0 Å². The van der Waals surface area contributed by atoms with Crippen LogP contribution in [0.4, 0.5) is 0 Å². The van der Waals surface area contributed by atoms with E-state index in [4.69, 9.17) is 4.99 Å². The van der Waals surface area contributed by atoms with Gasteiger partial charge in [-0.15, -0.1) is 24.0 Å². The zero-order valence-corrected chi connectivity index (χ0v) is 17.1. The normalized spacial score (nSPS) is 23.4. The fraction of sp³-hybridized carbons (Fsp3) is 0.765. The molecule has 1 saturated carbocycles. The van der Waals surface area contributed by atoms with E-state index in [9.17, 15) is 5.11 Å². The molecule has 7 heteroatoms. The van der Waals surface area contributed by atoms with Crippen LogP contribution in [-0.4, -0.2) is 57.5 Å². The molecule has 0 radical (unpaired) electrons. The number of aliphatic imine (C=N–C) groups is 1. The highest BCUT2D eigenvalue weighted by atomic mass is 127. The molecule has 1 aliphatic carbocycles. The van der Waals surface area contributed by atoms with Crippen LogP contribution in [0.5, 0.6) is 0 Å². The predicted molar refractivity (Wildman–Crippen MR) is 107 cm³/mol. The second kappa shape index (κ2) is 8.51. The van der Waals surface area contributed by atoms with Crippen molar-refractivity contribution in [3.63, 3.8) is 0 Å². The number of nitrogens with zero attached hydrogens (tertiary/aromatic N) is 4. The summed E-state index contributed by atoms with van der Waals surface area (Å²) in [6.07, 6.45) is 9.21. The van der Waals surface area contributed by atoms with Gasteiger partial charge in [0, 0.05) is 38.8 Å². The summed E-state index contributed by atoms with van der Waals surface area (Å²) in [6.45, 7) is 5.43. The van der Waals surface area contributed by atoms with Gasteiger partial charge in [-0.1, -0.05) is 12.8 Å². The largest absolute Gasteiger partial charge is 0.388 e. The topological polar surface area (TPSA) is 65.7 Å². The summed E-state index contributed by atoms with van der Waals surface area (Å²) in [5.41, 5.74) is 0.726. The van der Waals surface area contributed by atoms with Crippen molar-refractivity contribution in [3.05, 3.63) is 18.0 Å². The molecule has 2 fully saturated rings. The Hall–Kier alpha value is -0.830. The monoisotopic (exact) mass is 447 g/mol. The number of guanidine groups is 1. The number of likely N-dealkylation sites (tertiary alicyclic amines) is 1. The summed E-state index contributed by atoms with van der Waals surface area (Å²) in [4.78, 5) is 7.06. The van der Waals surface area contributed by atoms with E-state index in [0.29, 0.717) is 12.5 Å². The Labute approximate surface area is 161 Å². The quantitative estimate of drug-likeness (QED) is 0.422. The van der Waals surface area contributed by atoms with Crippen LogP contribution in [0.2, 0.25) is 0 Å². The van der Waals surface area contributed by atoms with Gasteiger partial charge in [0.05, 0.1) is 18.3 Å². The molecule has 24 heavy (non-hydrogen) atoms. The van der Waals surface area contributed by atoms with Gasteiger partial charge < -0.3 is 15.3 Å². The van der Waals surface area contributed by atoms with Crippen LogP contribution >= 0.6 is 24.0 Å². The predicted octanol–water partition coefficient (Wildman–Crippen LogP) is 2.10. The zero-order valence-electron chi connectivity index (χ0n) is 14.7. The highest BCUT2D eigenvalue weighted by Gasteiger charge is 2.32. The molecule has 2 aliphatic rings. The van der Waals surface area contributed by atoms with Crippen molar-refractivity contribution < 1.29 is 5.11 Å². The first kappa shape index (κ1) is 19.5. The second-order valence-corrected chi connectivity index (χ2v) is 6.98. The molecule has 6 nitrogen and oxygen atoms in total. The molecule has 3 rings (SSSR count). The first-order valence-corrected chi connectivity index (χ1v) is 8.84. The van der Waals surface area contributed by atoms with Crippen molar-refractivity contribution in [2.45, 2.75) is 50.5 Å². The third-order valence-corrected chi connectivity index (χ3v) is 5.08. The van der Waals surface area contributed by atoms with Crippen LogP contribution in [0.15, 0.2) is 17.4 Å². The Bertz CT molecular complexity index is 553. The number of nitrogens with one attached hydrogen (secondary N) is 1. The lowest BCUT2D eigenvalue weighted by Crippen LogP contribution is -2.41. The minimum Gasteiger partial charge on any atom is -0.388 e. The van der Waals surface area contributed by atoms with E-state index in [2.05, 4.69) is 28.4 Å². The Morgan fingerprint density at radius 1 is 1.46 bits per heavy atom. The molecule has 0 amide bonds. The molecule has 0 spiro atoms. The van der Waals surface area contributed by atoms with E-state index < -0.39 is 5.60 Å². The average Bonchev–Trinajstić information content (AvgIpc) is 3.24. The van der Waals surface area contributed by atoms with E-state index >= 15 is 0 Å². The average molecular weight is 447 g/mol. The number of aliphatic hydroxyl groups is 1. The van der Waals surface area contributed by atoms with Crippen LogP contribution in [0.25, 0.3) is 0 Å². The number of rotatable bonds is 4. The van der Waals surface area contributed by atoms with E-state index in [1.807, 2.05) is 17.9 Å². The van der Waals surface area contributed by atoms with E-state index in [-0.39, 0.29) is 24.0 Å². The van der Waals surface area contributed by atoms with Crippen LogP contribution in [-0.2, 0) is 7.05 Å². The van der Waals surface area contributed by atoms with Crippen molar-refractivity contribution in [1.82, 2.24) is 20.0 Å². The van der Waals surface area contributed by atoms with Crippen LogP contribution in [0.1, 0.15) is 50.5 Å². The first-order valence-electron chi connectivity index (χ1n) is 8.84. The zero-order chi connectivity index (χ0) is 16.3. The molecule has 1 aromatic rings. The smallest absolute Gasteiger partial charge is 0.194 e. The van der Waals surface area contributed by atoms with Gasteiger partial charge >= 0.3 is 0 Å². The molecule has 1 aromatic heterocycles. The minimum absolute atomic E-state index is 0. The van der Waals surface area contributed by atoms with E-state index in [1.165, 1.54) is 5.56 Å². The van der Waals surface area contributed by atoms with Crippen LogP contribution in [0.3, 0.4) is 0 Å². The van der Waals surface area contributed by atoms with Crippen molar-refractivity contribution in [2.75, 3.05) is 26.2 Å². The summed E-state index contributed by atoms with van der Waals surface area (Å²) in [6, 6.07) is 0. The third kappa shape index (κ3) is 4.62. The summed E-state index contributed by atoms with van der Waals surface area (Å²) in [7, 11) is 1.96. The lowest BCUT2D eigenvalue weighted by Gasteiger charge is -2.24. The molecule has 1 unspecified atom stereocenters. The van der Waals surface area contributed by atoms with Gasteiger partial charge in [-0.25, -0.2) is 0 Å². The Morgan fingerprint density at radius 2 is 2.21 bits per heavy atom. The fourth-order valence-corrected chi connectivity index (χ4v) is 3.71. The lowest BCUT2D eigenvalue weighted by molar-refractivity contribution is 0.0572. The van der Waals surface area contributed by atoms with E-state index in [0.717, 1.165) is 57.7 Å². The number of hydrogen-bond donors (Lipinski definition) is 2. The van der Waals surface area contributed by atoms with Gasteiger partial charge in [-0.05, 0) is 31.7 Å². The number of aromatic nitrogens is 2. The fourth-order valence-electron chi connectivity index (χ4n) is 3.71. The van der Waals surface area contributed by atoms with Gasteiger partial charge in [0.25, 0.3) is 0 Å². The molecular formula is C17H30IN5O. The molecule has 1 aliphatic heterocycles. The summed E-state index contributed by atoms with van der Waals surface area (Å²) < 4.78 is 1.87. The summed E-state index contributed by atoms with van der Waals surface area (Å²) in [5.74, 6) is 1.46. The van der Waals surface area contributed by atoms with Gasteiger partial charge in [0.15, 0.2) is 5.96 Å². The SMILES string of the molecule is CCNC(=NCC1(O)CCCC1)N1CCC(c2cnn(C)c2)C1.I. The van der Waals surface area contributed by atoms with Gasteiger partial charge in [-0.3, -0.25) is 9.67 Å². The highest BCUT2D eigenvalue weighted by molar-refractivity contribution is 14.0. The number of hydrogen-bond acceptors (Lipinski definition) is 3. The minimum atomic E-state index is -0.580. The standard InChI is InChI=1S/C17H29N5O.HI/c1-3-18-16(19-13-17(23)7-4-5-8-17)22-9-6-14(12-22)15-10-20-21(2)11-15;/h10-11,14,23H,3-9,12-13H2,1-2H3,(H,18,19);1H. The summed E-state index contributed by atoms with van der Waals surface area (Å²) >= 11 is 0. The maximum absolute atomic E-state index is 10.5. The number of aryl methyl sites for hydroxylation is 1. The van der Waals surface area contributed by atoms with Crippen molar-refractivity contribution in [3.8, 4) is 0 Å². The van der Waals surface area contributed by atoms with Gasteiger partial charge in [-0.2, -0.15) is 5.10 Å². The Kier molecular flexibility index (Phi) is 6.91. The maximum atomic E-state index is 10.5. The Balaban J connectivity index is 0.00000208. The van der Waals surface area contributed by atoms with Gasteiger partial charge in [0.1, 0.15) is 0 Å². The molecule has 1 saturated heterocycles. The van der Waals surface area contributed by atoms with Crippen molar-refractivity contribution in [2.24, 2.45) is 12.0 Å². The molecule has 136 valence electrons. The maximum Gasteiger partial charge on any atom is 0.194 e. The van der Waals surface area contributed by atoms with Crippen LogP contribution < -0.4 is 5.32 Å². The molecule has 0 aromatic carbocycles. The Morgan fingerprint density at radius 3 is 2.83 bits per heavy atom. The molecular weight excluding hydrogens is 417 g/mol. The molecule has 2 heterocycles. The summed E-state index contributed by atoms with van der Waals surface area (Å²) in [5, 5.41) is 18.2. The molecule has 1 atom stereocenters. The van der Waals surface area contributed by atoms with Crippen LogP contribution in [0, 0.1) is 0 Å². The first-order chi connectivity index (χ1) is 11.1. The van der Waals surface area contributed by atoms with E-state index in [1.54, 1.807) is 0 Å². The highest BCUT2D eigenvalue weighted by Crippen LogP contribution is 2.30.